The fourth-order valence-electron chi connectivity index (χ4n) is 3.17. The number of aliphatic imine (C=N–C) groups is 1. The number of nitrogens with one attached hydrogen (secondary N) is 2. The minimum atomic E-state index is 0. The molecule has 1 aromatic carbocycles. The summed E-state index contributed by atoms with van der Waals surface area (Å²) in [5.74, 6) is 0.794. The molecule has 0 fully saturated rings. The third kappa shape index (κ3) is 5.59. The highest BCUT2D eigenvalue weighted by Crippen LogP contribution is 2.17. The van der Waals surface area contributed by atoms with E-state index in [9.17, 15) is 0 Å². The Bertz CT molecular complexity index is 944. The average molecular weight is 507 g/mol. The van der Waals surface area contributed by atoms with Crippen LogP contribution in [0.3, 0.4) is 0 Å². The molecule has 156 valence electrons. The topological polar surface area (TPSA) is 72.1 Å². The molecule has 3 rings (SSSR count). The van der Waals surface area contributed by atoms with Crippen molar-refractivity contribution in [1.29, 1.82) is 0 Å². The summed E-state index contributed by atoms with van der Waals surface area (Å²) >= 11 is 0. The van der Waals surface area contributed by atoms with Gasteiger partial charge in [0.1, 0.15) is 0 Å². The Morgan fingerprint density at radius 3 is 2.66 bits per heavy atom. The SMILES string of the molecule is CCNC(=NCc1c(C)nn(C)c1C)NC(C)c1cccc(-n2cccn2)c1.I. The Morgan fingerprint density at radius 2 is 2.03 bits per heavy atom. The summed E-state index contributed by atoms with van der Waals surface area (Å²) in [6.07, 6.45) is 3.73. The lowest BCUT2D eigenvalue weighted by Crippen LogP contribution is -2.38. The molecule has 0 amide bonds. The summed E-state index contributed by atoms with van der Waals surface area (Å²) in [5.41, 5.74) is 5.57. The largest absolute Gasteiger partial charge is 0.357 e. The van der Waals surface area contributed by atoms with Gasteiger partial charge < -0.3 is 10.6 Å². The van der Waals surface area contributed by atoms with E-state index in [0.29, 0.717) is 6.54 Å². The van der Waals surface area contributed by atoms with Crippen molar-refractivity contribution in [1.82, 2.24) is 30.2 Å². The lowest BCUT2D eigenvalue weighted by Gasteiger charge is -2.19. The molecule has 2 N–H and O–H groups in total. The van der Waals surface area contributed by atoms with Gasteiger partial charge in [0.25, 0.3) is 0 Å². The second-order valence-corrected chi connectivity index (χ2v) is 6.88. The van der Waals surface area contributed by atoms with Crippen LogP contribution in [0.25, 0.3) is 5.69 Å². The maximum Gasteiger partial charge on any atom is 0.192 e. The molecule has 2 heterocycles. The van der Waals surface area contributed by atoms with Crippen LogP contribution in [0.4, 0.5) is 0 Å². The lowest BCUT2D eigenvalue weighted by atomic mass is 10.1. The Balaban J connectivity index is 0.00000300. The fraction of sp³-hybridized carbons (Fsp3) is 0.381. The van der Waals surface area contributed by atoms with Crippen molar-refractivity contribution in [2.24, 2.45) is 12.0 Å². The number of hydrogen-bond donors (Lipinski definition) is 2. The van der Waals surface area contributed by atoms with E-state index in [-0.39, 0.29) is 30.0 Å². The van der Waals surface area contributed by atoms with Crippen LogP contribution < -0.4 is 10.6 Å². The van der Waals surface area contributed by atoms with Gasteiger partial charge in [0, 0.05) is 37.2 Å². The van der Waals surface area contributed by atoms with Gasteiger partial charge in [0.2, 0.25) is 0 Å². The third-order valence-electron chi connectivity index (χ3n) is 4.89. The molecule has 7 nitrogen and oxygen atoms in total. The van der Waals surface area contributed by atoms with Crippen LogP contribution in [-0.2, 0) is 13.6 Å². The van der Waals surface area contributed by atoms with Crippen LogP contribution in [0, 0.1) is 13.8 Å². The monoisotopic (exact) mass is 507 g/mol. The molecule has 8 heteroatoms. The van der Waals surface area contributed by atoms with E-state index in [4.69, 9.17) is 4.99 Å². The van der Waals surface area contributed by atoms with Crippen molar-refractivity contribution in [3.8, 4) is 5.69 Å². The molecule has 0 spiro atoms. The number of aromatic nitrogens is 4. The van der Waals surface area contributed by atoms with Gasteiger partial charge in [-0.05, 0) is 51.5 Å². The van der Waals surface area contributed by atoms with Crippen LogP contribution in [0.5, 0.6) is 0 Å². The summed E-state index contributed by atoms with van der Waals surface area (Å²) < 4.78 is 3.77. The molecule has 3 aromatic rings. The van der Waals surface area contributed by atoms with E-state index in [0.717, 1.165) is 29.6 Å². The van der Waals surface area contributed by atoms with Gasteiger partial charge in [-0.25, -0.2) is 9.67 Å². The average Bonchev–Trinajstić information content (AvgIpc) is 3.30. The molecule has 0 saturated carbocycles. The normalized spacial score (nSPS) is 12.4. The van der Waals surface area contributed by atoms with Crippen molar-refractivity contribution in [2.45, 2.75) is 40.3 Å². The molecule has 2 aromatic heterocycles. The lowest BCUT2D eigenvalue weighted by molar-refractivity contribution is 0.684. The highest BCUT2D eigenvalue weighted by molar-refractivity contribution is 14.0. The van der Waals surface area contributed by atoms with E-state index in [2.05, 4.69) is 65.9 Å². The van der Waals surface area contributed by atoms with Gasteiger partial charge in [-0.2, -0.15) is 10.2 Å². The van der Waals surface area contributed by atoms with E-state index in [1.54, 1.807) is 6.20 Å². The molecule has 0 aliphatic heterocycles. The van der Waals surface area contributed by atoms with E-state index in [1.165, 1.54) is 11.1 Å². The second-order valence-electron chi connectivity index (χ2n) is 6.88. The van der Waals surface area contributed by atoms with Crippen LogP contribution in [0.15, 0.2) is 47.7 Å². The maximum atomic E-state index is 4.78. The minimum Gasteiger partial charge on any atom is -0.357 e. The summed E-state index contributed by atoms with van der Waals surface area (Å²) in [7, 11) is 1.97. The predicted octanol–water partition coefficient (Wildman–Crippen LogP) is 3.66. The van der Waals surface area contributed by atoms with Gasteiger partial charge >= 0.3 is 0 Å². The van der Waals surface area contributed by atoms with Crippen molar-refractivity contribution >= 4 is 29.9 Å². The van der Waals surface area contributed by atoms with Crippen LogP contribution in [0.1, 0.15) is 42.4 Å². The zero-order valence-corrected chi connectivity index (χ0v) is 20.0. The first-order valence-corrected chi connectivity index (χ1v) is 9.63. The van der Waals surface area contributed by atoms with Gasteiger partial charge in [-0.1, -0.05) is 12.1 Å². The molecule has 29 heavy (non-hydrogen) atoms. The fourth-order valence-corrected chi connectivity index (χ4v) is 3.17. The summed E-state index contributed by atoms with van der Waals surface area (Å²) in [6.45, 7) is 9.71. The molecule has 1 atom stereocenters. The number of hydrogen-bond acceptors (Lipinski definition) is 3. The summed E-state index contributed by atoms with van der Waals surface area (Å²) in [5, 5.41) is 15.6. The van der Waals surface area contributed by atoms with Gasteiger partial charge in [-0.15, -0.1) is 24.0 Å². The van der Waals surface area contributed by atoms with E-state index >= 15 is 0 Å². The number of guanidine groups is 1. The molecular formula is C21H30IN7. The first-order chi connectivity index (χ1) is 13.5. The quantitative estimate of drug-likeness (QED) is 0.304. The van der Waals surface area contributed by atoms with Gasteiger partial charge in [-0.3, -0.25) is 4.68 Å². The van der Waals surface area contributed by atoms with Crippen LogP contribution >= 0.6 is 24.0 Å². The smallest absolute Gasteiger partial charge is 0.192 e. The number of aryl methyl sites for hydroxylation is 2. The molecule has 0 bridgehead atoms. The Hall–Kier alpha value is -2.36. The molecular weight excluding hydrogens is 477 g/mol. The first-order valence-electron chi connectivity index (χ1n) is 9.63. The number of benzene rings is 1. The first kappa shape index (κ1) is 22.9. The number of rotatable bonds is 6. The highest BCUT2D eigenvalue weighted by Gasteiger charge is 2.11. The van der Waals surface area contributed by atoms with E-state index < -0.39 is 0 Å². The molecule has 0 aliphatic rings. The van der Waals surface area contributed by atoms with Crippen molar-refractivity contribution in [3.63, 3.8) is 0 Å². The number of halogens is 1. The molecule has 0 aliphatic carbocycles. The van der Waals surface area contributed by atoms with E-state index in [1.807, 2.05) is 35.6 Å². The third-order valence-corrected chi connectivity index (χ3v) is 4.89. The van der Waals surface area contributed by atoms with Crippen LogP contribution in [0.2, 0.25) is 0 Å². The minimum absolute atomic E-state index is 0. The van der Waals surface area contributed by atoms with Crippen molar-refractivity contribution in [2.75, 3.05) is 6.54 Å². The summed E-state index contributed by atoms with van der Waals surface area (Å²) in [4.78, 5) is 4.78. The van der Waals surface area contributed by atoms with Gasteiger partial charge in [0.15, 0.2) is 5.96 Å². The predicted molar refractivity (Wildman–Crippen MR) is 128 cm³/mol. The van der Waals surface area contributed by atoms with Gasteiger partial charge in [0.05, 0.1) is 24.0 Å². The Kier molecular flexibility index (Phi) is 8.24. The standard InChI is InChI=1S/C21H29N7.HI/c1-6-22-21(23-14-20-16(3)26-27(5)17(20)4)25-15(2)18-9-7-10-19(13-18)28-12-8-11-24-28;/h7-13,15H,6,14H2,1-5H3,(H2,22,23,25);1H. The number of nitrogens with zero attached hydrogens (tertiary/aromatic N) is 5. The Morgan fingerprint density at radius 1 is 1.24 bits per heavy atom. The zero-order chi connectivity index (χ0) is 20.1. The molecule has 0 radical (unpaired) electrons. The molecule has 1 unspecified atom stereocenters. The zero-order valence-electron chi connectivity index (χ0n) is 17.7. The second kappa shape index (κ2) is 10.4. The maximum absolute atomic E-state index is 4.78. The van der Waals surface area contributed by atoms with Crippen molar-refractivity contribution < 1.29 is 0 Å². The molecule has 0 saturated heterocycles. The summed E-state index contributed by atoms with van der Waals surface area (Å²) in [6, 6.07) is 10.4. The van der Waals surface area contributed by atoms with Crippen LogP contribution in [-0.4, -0.2) is 32.1 Å². The highest BCUT2D eigenvalue weighted by atomic mass is 127. The Labute approximate surface area is 189 Å². The van der Waals surface area contributed by atoms with Crippen molar-refractivity contribution in [3.05, 3.63) is 65.2 Å².